The van der Waals surface area contributed by atoms with Gasteiger partial charge in [-0.1, -0.05) is 73.1 Å². The summed E-state index contributed by atoms with van der Waals surface area (Å²) in [6.45, 7) is 29.2. The van der Waals surface area contributed by atoms with Gasteiger partial charge < -0.3 is 13.6 Å². The number of esters is 1. The summed E-state index contributed by atoms with van der Waals surface area (Å²) in [7, 11) is -3.87. The van der Waals surface area contributed by atoms with E-state index in [-0.39, 0.29) is 40.3 Å². The summed E-state index contributed by atoms with van der Waals surface area (Å²) < 4.78 is 20.0. The van der Waals surface area contributed by atoms with Crippen LogP contribution in [0.1, 0.15) is 87.0 Å². The monoisotopic (exact) mass is 548 g/mol. The molecule has 0 radical (unpaired) electrons. The number of carbonyl (C=O) groups is 1. The van der Waals surface area contributed by atoms with Crippen molar-refractivity contribution in [1.82, 2.24) is 0 Å². The molecule has 0 amide bonds. The average Bonchev–Trinajstić information content (AvgIpc) is 3.42. The molecule has 3 saturated carbocycles. The summed E-state index contributed by atoms with van der Waals surface area (Å²) in [5.74, 6) is 1.38. The van der Waals surface area contributed by atoms with Gasteiger partial charge in [0.1, 0.15) is 6.10 Å². The summed E-state index contributed by atoms with van der Waals surface area (Å²) in [5, 5.41) is 0.334. The van der Waals surface area contributed by atoms with Crippen LogP contribution in [-0.4, -0.2) is 40.9 Å². The van der Waals surface area contributed by atoms with Crippen molar-refractivity contribution in [3.63, 3.8) is 0 Å². The molecule has 0 N–H and O–H groups in total. The summed E-state index contributed by atoms with van der Waals surface area (Å²) in [4.78, 5) is 11.9. The first-order chi connectivity index (χ1) is 16.8. The van der Waals surface area contributed by atoms with Crippen molar-refractivity contribution in [3.05, 3.63) is 24.3 Å². The Kier molecular flexibility index (Phi) is 9.21. The van der Waals surface area contributed by atoms with E-state index in [1.807, 2.05) is 0 Å². The van der Waals surface area contributed by atoms with Crippen LogP contribution in [0.5, 0.6) is 0 Å². The van der Waals surface area contributed by atoms with E-state index in [0.29, 0.717) is 17.8 Å². The van der Waals surface area contributed by atoms with E-state index in [9.17, 15) is 4.79 Å². The highest BCUT2D eigenvalue weighted by molar-refractivity contribution is 6.74. The average molecular weight is 549 g/mol. The molecule has 0 aromatic carbocycles. The van der Waals surface area contributed by atoms with E-state index in [1.54, 1.807) is 0 Å². The van der Waals surface area contributed by atoms with Crippen molar-refractivity contribution >= 4 is 22.6 Å². The maximum atomic E-state index is 11.9. The molecule has 3 fully saturated rings. The standard InChI is InChI=1S/C31H56O4Si2/c1-21-19-25-24(17-18-27(23-15-13-14-16-23)34-36(9,10)30(3,4)5)28(35-37(11,12)31(6,7)8)20-26(25)29(21)33-22(2)32/h17-18,23-29H,1,13-16,19-20H2,2-12H3/b18-17+/t24-,25+,26-,27+,28+,29?/m0/s1. The number of hydrogen-bond acceptors (Lipinski definition) is 4. The zero-order chi connectivity index (χ0) is 28.0. The number of ether oxygens (including phenoxy) is 1. The van der Waals surface area contributed by atoms with Crippen LogP contribution in [0.25, 0.3) is 0 Å². The molecule has 0 bridgehead atoms. The fourth-order valence-corrected chi connectivity index (χ4v) is 8.82. The first-order valence-corrected chi connectivity index (χ1v) is 20.5. The summed E-state index contributed by atoms with van der Waals surface area (Å²) in [6.07, 6.45) is 12.0. The Bertz CT molecular complexity index is 857. The predicted molar refractivity (Wildman–Crippen MR) is 160 cm³/mol. The summed E-state index contributed by atoms with van der Waals surface area (Å²) in [6, 6.07) is 0. The molecule has 4 nitrogen and oxygen atoms in total. The van der Waals surface area contributed by atoms with Crippen molar-refractivity contribution in [2.45, 2.75) is 142 Å². The van der Waals surface area contributed by atoms with Gasteiger partial charge in [0.25, 0.3) is 0 Å². The van der Waals surface area contributed by atoms with E-state index in [0.717, 1.165) is 18.4 Å². The van der Waals surface area contributed by atoms with E-state index < -0.39 is 16.6 Å². The largest absolute Gasteiger partial charge is 0.458 e. The highest BCUT2D eigenvalue weighted by atomic mass is 28.4. The van der Waals surface area contributed by atoms with Crippen LogP contribution >= 0.6 is 0 Å². The van der Waals surface area contributed by atoms with Crippen LogP contribution in [0.2, 0.25) is 36.3 Å². The minimum atomic E-state index is -1.96. The molecule has 0 aromatic heterocycles. The van der Waals surface area contributed by atoms with Crippen LogP contribution in [0, 0.1) is 23.7 Å². The van der Waals surface area contributed by atoms with Gasteiger partial charge in [-0.15, -0.1) is 0 Å². The van der Waals surface area contributed by atoms with Gasteiger partial charge in [0.2, 0.25) is 0 Å². The molecule has 6 heteroatoms. The van der Waals surface area contributed by atoms with Gasteiger partial charge in [-0.05, 0) is 79.4 Å². The third-order valence-electron chi connectivity index (χ3n) is 10.4. The Hall–Kier alpha value is -0.696. The smallest absolute Gasteiger partial charge is 0.303 e. The van der Waals surface area contributed by atoms with Crippen LogP contribution in [0.15, 0.2) is 24.3 Å². The first kappa shape index (κ1) is 30.8. The Morgan fingerprint density at radius 1 is 0.973 bits per heavy atom. The third kappa shape index (κ3) is 6.91. The van der Waals surface area contributed by atoms with Gasteiger partial charge in [-0.2, -0.15) is 0 Å². The molecular formula is C31H56O4Si2. The molecule has 3 aliphatic rings. The fourth-order valence-electron chi connectivity index (χ4n) is 6.15. The minimum absolute atomic E-state index is 0.148. The Morgan fingerprint density at radius 2 is 1.54 bits per heavy atom. The van der Waals surface area contributed by atoms with Gasteiger partial charge in [0.15, 0.2) is 16.6 Å². The van der Waals surface area contributed by atoms with Gasteiger partial charge in [-0.25, -0.2) is 0 Å². The zero-order valence-electron chi connectivity index (χ0n) is 25.8. The number of carbonyl (C=O) groups excluding carboxylic acids is 1. The maximum Gasteiger partial charge on any atom is 0.303 e. The SMILES string of the molecule is C=C1C[C@@H]2[C@H](/C=C/[C@@H](O[Si](C)(C)C(C)(C)C)C3CCCC3)[C@H](O[Si](C)(C)C(C)(C)C)C[C@@H]2C1OC(C)=O. The molecule has 0 aromatic rings. The molecule has 3 rings (SSSR count). The molecule has 0 saturated heterocycles. The normalized spacial score (nSPS) is 30.8. The molecule has 37 heavy (non-hydrogen) atoms. The van der Waals surface area contributed by atoms with Crippen LogP contribution in [0.4, 0.5) is 0 Å². The topological polar surface area (TPSA) is 44.8 Å². The second-order valence-electron chi connectivity index (χ2n) is 15.2. The molecular weight excluding hydrogens is 493 g/mol. The van der Waals surface area contributed by atoms with Crippen LogP contribution in [0.3, 0.4) is 0 Å². The Labute approximate surface area is 230 Å². The lowest BCUT2D eigenvalue weighted by Gasteiger charge is -2.41. The summed E-state index contributed by atoms with van der Waals surface area (Å²) >= 11 is 0. The van der Waals surface area contributed by atoms with E-state index in [4.69, 9.17) is 13.6 Å². The molecule has 6 atom stereocenters. The van der Waals surface area contributed by atoms with Crippen LogP contribution in [-0.2, 0) is 18.4 Å². The van der Waals surface area contributed by atoms with E-state index >= 15 is 0 Å². The zero-order valence-corrected chi connectivity index (χ0v) is 27.8. The maximum absolute atomic E-state index is 11.9. The molecule has 0 aliphatic heterocycles. The van der Waals surface area contributed by atoms with Gasteiger partial charge in [-0.3, -0.25) is 4.79 Å². The van der Waals surface area contributed by atoms with Crippen molar-refractivity contribution in [2.75, 3.05) is 0 Å². The highest BCUT2D eigenvalue weighted by Crippen LogP contribution is 2.54. The van der Waals surface area contributed by atoms with Crippen molar-refractivity contribution < 1.29 is 18.4 Å². The number of rotatable bonds is 8. The minimum Gasteiger partial charge on any atom is -0.458 e. The lowest BCUT2D eigenvalue weighted by atomic mass is 9.89. The van der Waals surface area contributed by atoms with Crippen molar-refractivity contribution in [1.29, 1.82) is 0 Å². The van der Waals surface area contributed by atoms with Crippen LogP contribution < -0.4 is 0 Å². The number of hydrogen-bond donors (Lipinski definition) is 0. The second-order valence-corrected chi connectivity index (χ2v) is 24.7. The van der Waals surface area contributed by atoms with Gasteiger partial charge in [0, 0.05) is 18.8 Å². The lowest BCUT2D eigenvalue weighted by molar-refractivity contribution is -0.146. The predicted octanol–water partition coefficient (Wildman–Crippen LogP) is 8.66. The lowest BCUT2D eigenvalue weighted by Crippen LogP contribution is -2.45. The third-order valence-corrected chi connectivity index (χ3v) is 19.4. The van der Waals surface area contributed by atoms with E-state index in [1.165, 1.54) is 32.6 Å². The molecule has 3 aliphatic carbocycles. The first-order valence-electron chi connectivity index (χ1n) is 14.7. The van der Waals surface area contributed by atoms with Crippen molar-refractivity contribution in [3.8, 4) is 0 Å². The molecule has 1 unspecified atom stereocenters. The molecule has 0 heterocycles. The quantitative estimate of drug-likeness (QED) is 0.173. The molecule has 212 valence electrons. The highest BCUT2D eigenvalue weighted by Gasteiger charge is 2.54. The Morgan fingerprint density at radius 3 is 2.05 bits per heavy atom. The number of fused-ring (bicyclic) bond motifs is 1. The Balaban J connectivity index is 1.92. The van der Waals surface area contributed by atoms with Gasteiger partial charge >= 0.3 is 5.97 Å². The second kappa shape index (κ2) is 11.1. The molecule has 0 spiro atoms. The van der Waals surface area contributed by atoms with Crippen molar-refractivity contribution in [2.24, 2.45) is 23.7 Å². The summed E-state index contributed by atoms with van der Waals surface area (Å²) in [5.41, 5.74) is 1.07. The van der Waals surface area contributed by atoms with Gasteiger partial charge in [0.05, 0.1) is 12.2 Å². The van der Waals surface area contributed by atoms with E-state index in [2.05, 4.69) is 86.5 Å². The fraction of sp³-hybridized carbons (Fsp3) is 0.839.